The molecule has 10 heteroatoms. The second-order valence-corrected chi connectivity index (χ2v) is 10.4. The highest BCUT2D eigenvalue weighted by atomic mass is 32.3. The molecule has 3 aliphatic rings. The van der Waals surface area contributed by atoms with Gasteiger partial charge < -0.3 is 14.7 Å². The van der Waals surface area contributed by atoms with E-state index in [1.807, 2.05) is 15.5 Å². The van der Waals surface area contributed by atoms with Gasteiger partial charge in [0.1, 0.15) is 5.76 Å². The van der Waals surface area contributed by atoms with Crippen molar-refractivity contribution in [3.8, 4) is 0 Å². The van der Waals surface area contributed by atoms with Crippen LogP contribution in [0.2, 0.25) is 0 Å². The summed E-state index contributed by atoms with van der Waals surface area (Å²) in [6.07, 6.45) is 3.55. The van der Waals surface area contributed by atoms with E-state index >= 15 is 0 Å². The topological polar surface area (TPSA) is 105 Å². The molecule has 0 unspecified atom stereocenters. The summed E-state index contributed by atoms with van der Waals surface area (Å²) in [6, 6.07) is 1.70. The molecule has 4 rings (SSSR count). The van der Waals surface area contributed by atoms with E-state index < -0.39 is 11.0 Å². The number of likely N-dealkylation sites (N-methyl/N-ethyl adjacent to an activating group) is 1. The third kappa shape index (κ3) is 4.62. The summed E-state index contributed by atoms with van der Waals surface area (Å²) in [7, 11) is -2.97. The van der Waals surface area contributed by atoms with Gasteiger partial charge in [0, 0.05) is 56.8 Å². The monoisotopic (exact) mass is 427 g/mol. The average Bonchev–Trinajstić information content (AvgIpc) is 3.44. The minimum Gasteiger partial charge on any atom is -0.360 e. The van der Waals surface area contributed by atoms with Gasteiger partial charge in [-0.1, -0.05) is 23.0 Å². The van der Waals surface area contributed by atoms with E-state index in [1.54, 1.807) is 6.07 Å². The quantitative estimate of drug-likeness (QED) is 0.635. The number of hydrogen-bond acceptors (Lipinski definition) is 8. The van der Waals surface area contributed by atoms with Gasteiger partial charge in [0.05, 0.1) is 0 Å². The van der Waals surface area contributed by atoms with E-state index in [-0.39, 0.29) is 18.0 Å². The van der Waals surface area contributed by atoms with Gasteiger partial charge in [-0.2, -0.15) is 8.61 Å². The molecule has 3 fully saturated rings. The molecule has 9 nitrogen and oxygen atoms in total. The number of carbonyl (C=O) groups is 1. The van der Waals surface area contributed by atoms with E-state index in [1.165, 1.54) is 0 Å². The molecule has 0 spiro atoms. The molecule has 2 aliphatic heterocycles. The third-order valence-corrected chi connectivity index (χ3v) is 8.56. The summed E-state index contributed by atoms with van der Waals surface area (Å²) >= 11 is 0. The number of piperazine rings is 1. The third-order valence-electron chi connectivity index (χ3n) is 6.33. The van der Waals surface area contributed by atoms with Crippen molar-refractivity contribution in [3.63, 3.8) is 0 Å². The van der Waals surface area contributed by atoms with Crippen LogP contribution >= 0.6 is 11.0 Å². The van der Waals surface area contributed by atoms with Gasteiger partial charge in [0.25, 0.3) is 5.91 Å². The van der Waals surface area contributed by atoms with Crippen molar-refractivity contribution in [2.45, 2.75) is 57.5 Å². The van der Waals surface area contributed by atoms with Crippen LogP contribution in [0.25, 0.3) is 0 Å². The summed E-state index contributed by atoms with van der Waals surface area (Å²) < 4.78 is 30.8. The number of nitrogens with zero attached hydrogens (tertiary/aromatic N) is 4. The molecule has 3 N–H and O–H groups in total. The van der Waals surface area contributed by atoms with Gasteiger partial charge in [-0.3, -0.25) is 13.9 Å². The van der Waals surface area contributed by atoms with Gasteiger partial charge in [-0.05, 0) is 39.2 Å². The van der Waals surface area contributed by atoms with Crippen LogP contribution in [0, 0.1) is 0 Å². The molecule has 1 aromatic heterocycles. The number of hydrogen-bond donors (Lipinski definition) is 3. The van der Waals surface area contributed by atoms with E-state index in [0.29, 0.717) is 44.1 Å². The first-order valence-corrected chi connectivity index (χ1v) is 12.1. The van der Waals surface area contributed by atoms with Crippen molar-refractivity contribution in [1.82, 2.24) is 24.0 Å². The number of amides is 1. The maximum absolute atomic E-state index is 12.5. The lowest BCUT2D eigenvalue weighted by Gasteiger charge is -2.55. The van der Waals surface area contributed by atoms with E-state index in [2.05, 4.69) is 22.3 Å². The Kier molecular flexibility index (Phi) is 6.19. The molecule has 1 saturated carbocycles. The lowest BCUT2D eigenvalue weighted by Crippen LogP contribution is -2.55. The molecule has 29 heavy (non-hydrogen) atoms. The van der Waals surface area contributed by atoms with Crippen LogP contribution < -0.4 is 5.32 Å². The number of piperidine rings is 1. The minimum absolute atomic E-state index is 0.0121. The van der Waals surface area contributed by atoms with Gasteiger partial charge in [-0.15, -0.1) is 0 Å². The largest absolute Gasteiger partial charge is 0.360 e. The predicted octanol–water partition coefficient (Wildman–Crippen LogP) is 2.35. The summed E-state index contributed by atoms with van der Waals surface area (Å²) in [6.45, 7) is 8.68. The van der Waals surface area contributed by atoms with Crippen molar-refractivity contribution in [2.24, 2.45) is 0 Å². The molecule has 164 valence electrons. The van der Waals surface area contributed by atoms with Crippen molar-refractivity contribution in [1.29, 1.82) is 0 Å². The summed E-state index contributed by atoms with van der Waals surface area (Å²) in [5.41, 5.74) is 0.333. The average molecular weight is 428 g/mol. The number of aromatic nitrogens is 1. The SMILES string of the molecule is CCN1CCN(S(O)(O)N2CC[C@H](NC(=O)c3cc(C4CC4)on3)C[C@@H]2C)CC1. The first kappa shape index (κ1) is 21.1. The highest BCUT2D eigenvalue weighted by Gasteiger charge is 2.39. The lowest BCUT2D eigenvalue weighted by atomic mass is 10.0. The lowest BCUT2D eigenvalue weighted by molar-refractivity contribution is 0.0897. The molecule has 1 aliphatic carbocycles. The molecule has 0 bridgehead atoms. The fourth-order valence-electron chi connectivity index (χ4n) is 4.30. The van der Waals surface area contributed by atoms with Crippen LogP contribution in [0.1, 0.15) is 61.7 Å². The van der Waals surface area contributed by atoms with E-state index in [9.17, 15) is 13.9 Å². The van der Waals surface area contributed by atoms with Crippen LogP contribution in [0.5, 0.6) is 0 Å². The highest BCUT2D eigenvalue weighted by molar-refractivity contribution is 8.20. The molecule has 2 saturated heterocycles. The fourth-order valence-corrected chi connectivity index (χ4v) is 6.17. The standard InChI is InChI=1S/C19H33N5O4S/c1-3-22-8-10-23(11-9-22)29(26,27)24-7-6-16(12-14(24)2)20-19(25)17-13-18(28-21-17)15-4-5-15/h13-16,26-27H,3-12H2,1-2H3,(H,20,25)/t14-,16-/m0/s1. The first-order valence-electron chi connectivity index (χ1n) is 10.7. The molecule has 0 aromatic carbocycles. The smallest absolute Gasteiger partial charge is 0.273 e. The fraction of sp³-hybridized carbons (Fsp3) is 0.789. The van der Waals surface area contributed by atoms with Crippen LogP contribution in [0.4, 0.5) is 0 Å². The van der Waals surface area contributed by atoms with Crippen LogP contribution in [-0.4, -0.2) is 85.0 Å². The summed E-state index contributed by atoms with van der Waals surface area (Å²) in [4.78, 5) is 14.8. The zero-order valence-corrected chi connectivity index (χ0v) is 18.1. The minimum atomic E-state index is -2.97. The van der Waals surface area contributed by atoms with Crippen LogP contribution in [-0.2, 0) is 0 Å². The van der Waals surface area contributed by atoms with Crippen molar-refractivity contribution < 1.29 is 18.4 Å². The normalized spacial score (nSPS) is 28.4. The van der Waals surface area contributed by atoms with Gasteiger partial charge in [0.15, 0.2) is 5.69 Å². The molecule has 0 radical (unpaired) electrons. The Morgan fingerprint density at radius 1 is 1.24 bits per heavy atom. The van der Waals surface area contributed by atoms with Gasteiger partial charge in [-0.25, -0.2) is 0 Å². The Hall–Kier alpha value is -1.17. The van der Waals surface area contributed by atoms with Crippen molar-refractivity contribution in [3.05, 3.63) is 17.5 Å². The summed E-state index contributed by atoms with van der Waals surface area (Å²) in [5.74, 6) is 1.01. The van der Waals surface area contributed by atoms with Gasteiger partial charge >= 0.3 is 0 Å². The first-order chi connectivity index (χ1) is 13.9. The Bertz CT molecular complexity index is 717. The van der Waals surface area contributed by atoms with E-state index in [0.717, 1.165) is 38.2 Å². The maximum atomic E-state index is 12.5. The second kappa shape index (κ2) is 8.52. The van der Waals surface area contributed by atoms with Crippen LogP contribution in [0.3, 0.4) is 0 Å². The van der Waals surface area contributed by atoms with Crippen molar-refractivity contribution in [2.75, 3.05) is 39.3 Å². The Morgan fingerprint density at radius 3 is 2.59 bits per heavy atom. The Labute approximate surface area is 174 Å². The van der Waals surface area contributed by atoms with Gasteiger partial charge in [0.2, 0.25) is 0 Å². The molecular weight excluding hydrogens is 394 g/mol. The highest BCUT2D eigenvalue weighted by Crippen LogP contribution is 2.50. The second-order valence-electron chi connectivity index (χ2n) is 8.43. The number of rotatable bonds is 6. The molecule has 1 aromatic rings. The predicted molar refractivity (Wildman–Crippen MR) is 112 cm³/mol. The molecule has 2 atom stereocenters. The zero-order chi connectivity index (χ0) is 20.6. The van der Waals surface area contributed by atoms with Crippen molar-refractivity contribution >= 4 is 16.9 Å². The molecule has 3 heterocycles. The Balaban J connectivity index is 1.30. The molecular formula is C19H33N5O4S. The van der Waals surface area contributed by atoms with E-state index in [4.69, 9.17) is 4.52 Å². The molecule has 1 amide bonds. The summed E-state index contributed by atoms with van der Waals surface area (Å²) in [5, 5.41) is 6.95. The maximum Gasteiger partial charge on any atom is 0.273 e. The zero-order valence-electron chi connectivity index (χ0n) is 17.3. The number of nitrogens with one attached hydrogen (secondary N) is 1. The van der Waals surface area contributed by atoms with Crippen LogP contribution in [0.15, 0.2) is 10.6 Å². The Morgan fingerprint density at radius 2 is 1.97 bits per heavy atom. The number of carbonyl (C=O) groups excluding carboxylic acids is 1.